The van der Waals surface area contributed by atoms with Gasteiger partial charge in [-0.05, 0) is 19.1 Å². The van der Waals surface area contributed by atoms with Crippen molar-refractivity contribution in [3.63, 3.8) is 0 Å². The van der Waals surface area contributed by atoms with E-state index in [0.717, 1.165) is 25.2 Å². The first-order valence-electron chi connectivity index (χ1n) is 6.48. The molecule has 0 spiro atoms. The molecule has 1 aliphatic heterocycles. The molecule has 0 bridgehead atoms. The van der Waals surface area contributed by atoms with Crippen LogP contribution in [0.25, 0.3) is 11.0 Å². The van der Waals surface area contributed by atoms with Crippen LogP contribution in [0.2, 0.25) is 0 Å². The van der Waals surface area contributed by atoms with Gasteiger partial charge in [-0.1, -0.05) is 6.07 Å². The number of aromatic nitrogens is 2. The lowest BCUT2D eigenvalue weighted by Crippen LogP contribution is -2.51. The Morgan fingerprint density at radius 1 is 1.35 bits per heavy atom. The number of para-hydroxylation sites is 1. The molecular formula is C14H17ClN4O. The summed E-state index contributed by atoms with van der Waals surface area (Å²) in [7, 11) is 0. The quantitative estimate of drug-likeness (QED) is 0.865. The maximum absolute atomic E-state index is 12.6. The zero-order valence-electron chi connectivity index (χ0n) is 11.2. The topological polar surface area (TPSA) is 58.1 Å². The second kappa shape index (κ2) is 6.15. The van der Waals surface area contributed by atoms with Gasteiger partial charge in [0.1, 0.15) is 5.52 Å². The maximum Gasteiger partial charge on any atom is 0.256 e. The molecule has 0 saturated carbocycles. The second-order valence-electron chi connectivity index (χ2n) is 4.84. The molecule has 1 saturated heterocycles. The van der Waals surface area contributed by atoms with Crippen LogP contribution in [0, 0.1) is 0 Å². The second-order valence-corrected chi connectivity index (χ2v) is 4.84. The lowest BCUT2D eigenvalue weighted by atomic mass is 10.1. The number of nitrogens with one attached hydrogen (secondary N) is 1. The molecule has 1 N–H and O–H groups in total. The molecule has 0 radical (unpaired) electrons. The van der Waals surface area contributed by atoms with E-state index in [-0.39, 0.29) is 18.3 Å². The van der Waals surface area contributed by atoms with E-state index < -0.39 is 0 Å². The molecule has 5 nitrogen and oxygen atoms in total. The van der Waals surface area contributed by atoms with Crippen molar-refractivity contribution in [3.05, 3.63) is 36.2 Å². The molecular weight excluding hydrogens is 276 g/mol. The van der Waals surface area contributed by atoms with Crippen LogP contribution in [0.15, 0.2) is 30.6 Å². The number of carbonyl (C=O) groups is 1. The van der Waals surface area contributed by atoms with Crippen molar-refractivity contribution in [2.75, 3.05) is 19.6 Å². The molecule has 0 aliphatic carbocycles. The smallest absolute Gasteiger partial charge is 0.256 e. The Kier molecular flexibility index (Phi) is 4.52. The number of rotatable bonds is 1. The number of piperazine rings is 1. The molecule has 1 aromatic heterocycles. The minimum atomic E-state index is 0. The van der Waals surface area contributed by atoms with Crippen LogP contribution in [0.3, 0.4) is 0 Å². The number of nitrogens with zero attached hydrogens (tertiary/aromatic N) is 3. The largest absolute Gasteiger partial charge is 0.336 e. The minimum absolute atomic E-state index is 0. The monoisotopic (exact) mass is 292 g/mol. The summed E-state index contributed by atoms with van der Waals surface area (Å²) in [4.78, 5) is 23.0. The first kappa shape index (κ1) is 14.7. The summed E-state index contributed by atoms with van der Waals surface area (Å²) in [6.45, 7) is 4.39. The Bertz CT molecular complexity index is 614. The van der Waals surface area contributed by atoms with Gasteiger partial charge in [0.15, 0.2) is 0 Å². The van der Waals surface area contributed by atoms with Crippen LogP contribution in [-0.4, -0.2) is 46.5 Å². The summed E-state index contributed by atoms with van der Waals surface area (Å²) in [6, 6.07) is 5.89. The first-order chi connectivity index (χ1) is 9.25. The molecule has 1 aromatic carbocycles. The standard InChI is InChI=1S/C14H16N4O.ClH/c1-10-9-18(8-7-15-10)14(19)11-3-2-4-12-13(11)17-6-5-16-12;/h2-6,10,15H,7-9H2,1H3;1H/t10-;/m0./s1. The van der Waals surface area contributed by atoms with E-state index in [9.17, 15) is 4.79 Å². The van der Waals surface area contributed by atoms with E-state index in [0.29, 0.717) is 17.1 Å². The van der Waals surface area contributed by atoms with Gasteiger partial charge < -0.3 is 10.2 Å². The molecule has 2 aromatic rings. The molecule has 6 heteroatoms. The summed E-state index contributed by atoms with van der Waals surface area (Å²) in [5.74, 6) is 0.0412. The van der Waals surface area contributed by atoms with E-state index in [4.69, 9.17) is 0 Å². The van der Waals surface area contributed by atoms with Crippen LogP contribution < -0.4 is 5.32 Å². The van der Waals surface area contributed by atoms with Gasteiger partial charge in [0, 0.05) is 38.1 Å². The van der Waals surface area contributed by atoms with Crippen LogP contribution in [-0.2, 0) is 0 Å². The predicted molar refractivity (Wildman–Crippen MR) is 80.2 cm³/mol. The summed E-state index contributed by atoms with van der Waals surface area (Å²) < 4.78 is 0. The van der Waals surface area contributed by atoms with Gasteiger partial charge in [0.2, 0.25) is 0 Å². The van der Waals surface area contributed by atoms with Crippen LogP contribution in [0.4, 0.5) is 0 Å². The highest BCUT2D eigenvalue weighted by Crippen LogP contribution is 2.16. The third kappa shape index (κ3) is 2.73. The molecule has 1 fully saturated rings. The normalized spacial score (nSPS) is 18.6. The van der Waals surface area contributed by atoms with Crippen molar-refractivity contribution in [1.82, 2.24) is 20.2 Å². The van der Waals surface area contributed by atoms with E-state index in [1.165, 1.54) is 0 Å². The molecule has 20 heavy (non-hydrogen) atoms. The number of halogens is 1. The molecule has 0 unspecified atom stereocenters. The fourth-order valence-electron chi connectivity index (χ4n) is 2.45. The van der Waals surface area contributed by atoms with Crippen molar-refractivity contribution in [1.29, 1.82) is 0 Å². The zero-order valence-corrected chi connectivity index (χ0v) is 12.1. The predicted octanol–water partition coefficient (Wildman–Crippen LogP) is 1.49. The highest BCUT2D eigenvalue weighted by molar-refractivity contribution is 6.04. The Hall–Kier alpha value is -1.72. The van der Waals surface area contributed by atoms with Gasteiger partial charge in [0.25, 0.3) is 5.91 Å². The van der Waals surface area contributed by atoms with E-state index in [2.05, 4.69) is 22.2 Å². The average Bonchev–Trinajstić information content (AvgIpc) is 2.46. The molecule has 1 amide bonds. The third-order valence-electron chi connectivity index (χ3n) is 3.39. The Balaban J connectivity index is 0.00000147. The number of carbonyl (C=O) groups excluding carboxylic acids is 1. The zero-order chi connectivity index (χ0) is 13.2. The third-order valence-corrected chi connectivity index (χ3v) is 3.39. The summed E-state index contributed by atoms with van der Waals surface area (Å²) in [5, 5.41) is 3.33. The van der Waals surface area contributed by atoms with Crippen LogP contribution in [0.5, 0.6) is 0 Å². The highest BCUT2D eigenvalue weighted by Gasteiger charge is 2.23. The Morgan fingerprint density at radius 2 is 2.15 bits per heavy atom. The van der Waals surface area contributed by atoms with Gasteiger partial charge >= 0.3 is 0 Å². The molecule has 3 rings (SSSR count). The van der Waals surface area contributed by atoms with Crippen molar-refractivity contribution in [3.8, 4) is 0 Å². The maximum atomic E-state index is 12.6. The number of benzene rings is 1. The average molecular weight is 293 g/mol. The molecule has 2 heterocycles. The van der Waals surface area contributed by atoms with Crippen LogP contribution in [0.1, 0.15) is 17.3 Å². The van der Waals surface area contributed by atoms with Crippen molar-refractivity contribution >= 4 is 29.3 Å². The SMILES string of the molecule is C[C@H]1CN(C(=O)c2cccc3nccnc23)CCN1.Cl. The Morgan fingerprint density at radius 3 is 2.95 bits per heavy atom. The van der Waals surface area contributed by atoms with Gasteiger partial charge in [-0.3, -0.25) is 14.8 Å². The fraction of sp³-hybridized carbons (Fsp3) is 0.357. The highest BCUT2D eigenvalue weighted by atomic mass is 35.5. The Labute approximate surface area is 123 Å². The lowest BCUT2D eigenvalue weighted by Gasteiger charge is -2.32. The first-order valence-corrected chi connectivity index (χ1v) is 6.48. The van der Waals surface area contributed by atoms with Crippen molar-refractivity contribution in [2.24, 2.45) is 0 Å². The van der Waals surface area contributed by atoms with E-state index >= 15 is 0 Å². The number of hydrogen-bond acceptors (Lipinski definition) is 4. The van der Waals surface area contributed by atoms with Crippen molar-refractivity contribution in [2.45, 2.75) is 13.0 Å². The van der Waals surface area contributed by atoms with E-state index in [1.54, 1.807) is 12.4 Å². The summed E-state index contributed by atoms with van der Waals surface area (Å²) in [6.07, 6.45) is 3.27. The number of fused-ring (bicyclic) bond motifs is 1. The number of amides is 1. The summed E-state index contributed by atoms with van der Waals surface area (Å²) in [5.41, 5.74) is 2.08. The van der Waals surface area contributed by atoms with Gasteiger partial charge in [-0.2, -0.15) is 0 Å². The van der Waals surface area contributed by atoms with Gasteiger partial charge in [-0.25, -0.2) is 0 Å². The van der Waals surface area contributed by atoms with E-state index in [1.807, 2.05) is 23.1 Å². The van der Waals surface area contributed by atoms with Crippen molar-refractivity contribution < 1.29 is 4.79 Å². The number of hydrogen-bond donors (Lipinski definition) is 1. The fourth-order valence-corrected chi connectivity index (χ4v) is 2.45. The minimum Gasteiger partial charge on any atom is -0.336 e. The molecule has 1 aliphatic rings. The molecule has 1 atom stereocenters. The van der Waals surface area contributed by atoms with Crippen LogP contribution >= 0.6 is 12.4 Å². The van der Waals surface area contributed by atoms with Gasteiger partial charge in [0.05, 0.1) is 11.1 Å². The lowest BCUT2D eigenvalue weighted by molar-refractivity contribution is 0.0711. The summed E-state index contributed by atoms with van der Waals surface area (Å²) >= 11 is 0. The van der Waals surface area contributed by atoms with Gasteiger partial charge in [-0.15, -0.1) is 12.4 Å². The molecule has 106 valence electrons.